The number of halogens is 1. The lowest BCUT2D eigenvalue weighted by atomic mass is 10.1. The second kappa shape index (κ2) is 5.67. The largest absolute Gasteiger partial charge is 0.489 e. The molecular formula is C14H16FNO. The van der Waals surface area contributed by atoms with E-state index < -0.39 is 5.82 Å². The van der Waals surface area contributed by atoms with Gasteiger partial charge in [0.15, 0.2) is 0 Å². The molecule has 0 aliphatic heterocycles. The molecule has 90 valence electrons. The summed E-state index contributed by atoms with van der Waals surface area (Å²) in [6, 6.07) is 6.10. The SMILES string of the molecule is N#Cc1cc(F)ccc1OC1CCCCCC1. The van der Waals surface area contributed by atoms with Crippen LogP contribution in [0, 0.1) is 17.1 Å². The molecule has 1 aliphatic rings. The van der Waals surface area contributed by atoms with Crippen LogP contribution in [0.4, 0.5) is 4.39 Å². The number of hydrogen-bond acceptors (Lipinski definition) is 2. The summed E-state index contributed by atoms with van der Waals surface area (Å²) in [6.45, 7) is 0. The van der Waals surface area contributed by atoms with Crippen molar-refractivity contribution in [3.63, 3.8) is 0 Å². The maximum atomic E-state index is 13.0. The molecule has 0 N–H and O–H groups in total. The summed E-state index contributed by atoms with van der Waals surface area (Å²) in [4.78, 5) is 0. The first-order valence-corrected chi connectivity index (χ1v) is 6.16. The highest BCUT2D eigenvalue weighted by molar-refractivity contribution is 5.43. The summed E-state index contributed by atoms with van der Waals surface area (Å²) in [6.07, 6.45) is 7.10. The van der Waals surface area contributed by atoms with Crippen LogP contribution < -0.4 is 4.74 Å². The third-order valence-corrected chi connectivity index (χ3v) is 3.16. The molecule has 0 atom stereocenters. The zero-order valence-corrected chi connectivity index (χ0v) is 9.79. The van der Waals surface area contributed by atoms with Gasteiger partial charge in [-0.3, -0.25) is 0 Å². The number of nitriles is 1. The maximum Gasteiger partial charge on any atom is 0.137 e. The van der Waals surface area contributed by atoms with E-state index in [2.05, 4.69) is 0 Å². The van der Waals surface area contributed by atoms with E-state index in [0.717, 1.165) is 12.8 Å². The average molecular weight is 233 g/mol. The van der Waals surface area contributed by atoms with Gasteiger partial charge in [0.05, 0.1) is 11.7 Å². The Hall–Kier alpha value is -1.56. The van der Waals surface area contributed by atoms with E-state index in [4.69, 9.17) is 10.00 Å². The van der Waals surface area contributed by atoms with Crippen LogP contribution in [0.1, 0.15) is 44.1 Å². The Bertz CT molecular complexity index is 417. The van der Waals surface area contributed by atoms with Crippen LogP contribution in [-0.2, 0) is 0 Å². The molecule has 0 spiro atoms. The second-order valence-electron chi connectivity index (χ2n) is 4.48. The van der Waals surface area contributed by atoms with Crippen LogP contribution >= 0.6 is 0 Å². The molecule has 1 saturated carbocycles. The molecule has 2 rings (SSSR count). The van der Waals surface area contributed by atoms with Crippen molar-refractivity contribution in [3.8, 4) is 11.8 Å². The molecule has 0 amide bonds. The van der Waals surface area contributed by atoms with Gasteiger partial charge >= 0.3 is 0 Å². The van der Waals surface area contributed by atoms with E-state index in [-0.39, 0.29) is 11.7 Å². The fourth-order valence-electron chi connectivity index (χ4n) is 2.23. The van der Waals surface area contributed by atoms with E-state index in [1.807, 2.05) is 6.07 Å². The average Bonchev–Trinajstić information content (AvgIpc) is 2.60. The van der Waals surface area contributed by atoms with E-state index in [9.17, 15) is 4.39 Å². The van der Waals surface area contributed by atoms with Gasteiger partial charge in [0.1, 0.15) is 17.6 Å². The Labute approximate surface area is 101 Å². The van der Waals surface area contributed by atoms with Crippen molar-refractivity contribution in [3.05, 3.63) is 29.6 Å². The third kappa shape index (κ3) is 3.20. The van der Waals surface area contributed by atoms with E-state index in [0.29, 0.717) is 5.75 Å². The second-order valence-corrected chi connectivity index (χ2v) is 4.48. The minimum Gasteiger partial charge on any atom is -0.489 e. The van der Waals surface area contributed by atoms with Gasteiger partial charge in [-0.05, 0) is 43.9 Å². The molecule has 0 radical (unpaired) electrons. The van der Waals surface area contributed by atoms with Gasteiger partial charge < -0.3 is 4.74 Å². The van der Waals surface area contributed by atoms with Crippen molar-refractivity contribution in [2.45, 2.75) is 44.6 Å². The first-order chi connectivity index (χ1) is 8.29. The quantitative estimate of drug-likeness (QED) is 0.728. The minimum absolute atomic E-state index is 0.176. The smallest absolute Gasteiger partial charge is 0.137 e. The van der Waals surface area contributed by atoms with Crippen LogP contribution in [0.5, 0.6) is 5.75 Å². The number of hydrogen-bond donors (Lipinski definition) is 0. The summed E-state index contributed by atoms with van der Waals surface area (Å²) in [5.41, 5.74) is 0.286. The molecule has 1 aromatic carbocycles. The lowest BCUT2D eigenvalue weighted by molar-refractivity contribution is 0.183. The normalized spacial score (nSPS) is 17.2. The molecular weight excluding hydrogens is 217 g/mol. The van der Waals surface area contributed by atoms with Crippen LogP contribution in [0.2, 0.25) is 0 Å². The van der Waals surface area contributed by atoms with Gasteiger partial charge in [-0.25, -0.2) is 4.39 Å². The highest BCUT2D eigenvalue weighted by Gasteiger charge is 2.15. The third-order valence-electron chi connectivity index (χ3n) is 3.16. The van der Waals surface area contributed by atoms with Gasteiger partial charge in [-0.1, -0.05) is 12.8 Å². The minimum atomic E-state index is -0.394. The summed E-state index contributed by atoms with van der Waals surface area (Å²) < 4.78 is 18.8. The zero-order valence-electron chi connectivity index (χ0n) is 9.79. The van der Waals surface area contributed by atoms with E-state index in [1.54, 1.807) is 6.07 Å². The van der Waals surface area contributed by atoms with Gasteiger partial charge in [-0.15, -0.1) is 0 Å². The van der Waals surface area contributed by atoms with Gasteiger partial charge in [0, 0.05) is 0 Å². The fraction of sp³-hybridized carbons (Fsp3) is 0.500. The van der Waals surface area contributed by atoms with Gasteiger partial charge in [0.2, 0.25) is 0 Å². The van der Waals surface area contributed by atoms with Crippen LogP contribution in [0.3, 0.4) is 0 Å². The molecule has 0 saturated heterocycles. The van der Waals surface area contributed by atoms with Crippen LogP contribution in [-0.4, -0.2) is 6.10 Å². The zero-order chi connectivity index (χ0) is 12.1. The lowest BCUT2D eigenvalue weighted by Gasteiger charge is -2.17. The number of ether oxygens (including phenoxy) is 1. The Morgan fingerprint density at radius 1 is 1.18 bits per heavy atom. The Morgan fingerprint density at radius 2 is 1.88 bits per heavy atom. The number of rotatable bonds is 2. The molecule has 3 heteroatoms. The van der Waals surface area contributed by atoms with Crippen molar-refractivity contribution in [1.82, 2.24) is 0 Å². The molecule has 17 heavy (non-hydrogen) atoms. The highest BCUT2D eigenvalue weighted by atomic mass is 19.1. The van der Waals surface area contributed by atoms with Gasteiger partial charge in [-0.2, -0.15) is 5.26 Å². The topological polar surface area (TPSA) is 33.0 Å². The van der Waals surface area contributed by atoms with Crippen LogP contribution in [0.25, 0.3) is 0 Å². The van der Waals surface area contributed by atoms with Crippen molar-refractivity contribution < 1.29 is 9.13 Å². The summed E-state index contributed by atoms with van der Waals surface area (Å²) >= 11 is 0. The summed E-state index contributed by atoms with van der Waals surface area (Å²) in [5.74, 6) is 0.121. The highest BCUT2D eigenvalue weighted by Crippen LogP contribution is 2.25. The number of benzene rings is 1. The maximum absolute atomic E-state index is 13.0. The predicted molar refractivity (Wildman–Crippen MR) is 63.2 cm³/mol. The lowest BCUT2D eigenvalue weighted by Crippen LogP contribution is -2.15. The Kier molecular flexibility index (Phi) is 3.98. The Morgan fingerprint density at radius 3 is 2.53 bits per heavy atom. The molecule has 1 aromatic rings. The molecule has 0 bridgehead atoms. The summed E-state index contributed by atoms with van der Waals surface area (Å²) in [5, 5.41) is 8.93. The molecule has 1 aliphatic carbocycles. The number of nitrogens with zero attached hydrogens (tertiary/aromatic N) is 1. The van der Waals surface area contributed by atoms with E-state index >= 15 is 0 Å². The van der Waals surface area contributed by atoms with E-state index in [1.165, 1.54) is 37.8 Å². The molecule has 0 heterocycles. The van der Waals surface area contributed by atoms with Crippen molar-refractivity contribution in [2.75, 3.05) is 0 Å². The summed E-state index contributed by atoms with van der Waals surface area (Å²) in [7, 11) is 0. The standard InChI is InChI=1S/C14H16FNO/c15-12-7-8-14(11(9-12)10-16)17-13-5-3-1-2-4-6-13/h7-9,13H,1-6H2. The van der Waals surface area contributed by atoms with Crippen LogP contribution in [0.15, 0.2) is 18.2 Å². The van der Waals surface area contributed by atoms with Crippen molar-refractivity contribution in [1.29, 1.82) is 5.26 Å². The first-order valence-electron chi connectivity index (χ1n) is 6.16. The predicted octanol–water partition coefficient (Wildman–Crippen LogP) is 3.80. The van der Waals surface area contributed by atoms with Crippen molar-refractivity contribution >= 4 is 0 Å². The first kappa shape index (κ1) is 11.9. The molecule has 2 nitrogen and oxygen atoms in total. The fourth-order valence-corrected chi connectivity index (χ4v) is 2.23. The molecule has 0 unspecified atom stereocenters. The molecule has 1 fully saturated rings. The van der Waals surface area contributed by atoms with Crippen molar-refractivity contribution in [2.24, 2.45) is 0 Å². The monoisotopic (exact) mass is 233 g/mol. The molecule has 0 aromatic heterocycles. The van der Waals surface area contributed by atoms with Gasteiger partial charge in [0.25, 0.3) is 0 Å². The Balaban J connectivity index is 2.09.